The second kappa shape index (κ2) is 7.57. The van der Waals surface area contributed by atoms with Crippen LogP contribution in [0.25, 0.3) is 0 Å². The molecule has 0 bridgehead atoms. The number of nitrogens with zero attached hydrogens (tertiary/aromatic N) is 4. The SMILES string of the molecule is Cc1c(Cc2ccccc2Cn2cncn2)c2c(n1CC(=O)O)CCNC2O. The van der Waals surface area contributed by atoms with Crippen molar-refractivity contribution in [3.05, 3.63) is 70.6 Å². The Labute approximate surface area is 162 Å². The number of rotatable bonds is 6. The number of aromatic nitrogens is 4. The van der Waals surface area contributed by atoms with E-state index in [1.807, 2.05) is 23.6 Å². The number of carboxylic acids is 1. The number of carbonyl (C=O) groups is 1. The van der Waals surface area contributed by atoms with Gasteiger partial charge >= 0.3 is 5.97 Å². The van der Waals surface area contributed by atoms with Gasteiger partial charge in [0.1, 0.15) is 25.4 Å². The Bertz CT molecular complexity index is 994. The molecule has 1 aliphatic heterocycles. The Kier molecular flexibility index (Phi) is 4.97. The number of benzene rings is 1. The molecular weight excluding hydrogens is 358 g/mol. The fourth-order valence-corrected chi connectivity index (χ4v) is 4.04. The van der Waals surface area contributed by atoms with Crippen molar-refractivity contribution in [3.8, 4) is 0 Å². The number of fused-ring (bicyclic) bond motifs is 1. The van der Waals surface area contributed by atoms with Crippen molar-refractivity contribution >= 4 is 5.97 Å². The first kappa shape index (κ1) is 18.4. The van der Waals surface area contributed by atoms with Gasteiger partial charge in [-0.25, -0.2) is 9.67 Å². The minimum absolute atomic E-state index is 0.0957. The van der Waals surface area contributed by atoms with Crippen molar-refractivity contribution in [1.29, 1.82) is 0 Å². The van der Waals surface area contributed by atoms with Gasteiger partial charge in [-0.3, -0.25) is 10.1 Å². The topological polar surface area (TPSA) is 105 Å². The third-order valence-electron chi connectivity index (χ3n) is 5.35. The van der Waals surface area contributed by atoms with Crippen molar-refractivity contribution < 1.29 is 15.0 Å². The summed E-state index contributed by atoms with van der Waals surface area (Å²) in [5.41, 5.74) is 5.85. The van der Waals surface area contributed by atoms with Gasteiger partial charge in [0.15, 0.2) is 0 Å². The van der Waals surface area contributed by atoms with Crippen LogP contribution in [0.3, 0.4) is 0 Å². The van der Waals surface area contributed by atoms with Crippen LogP contribution >= 0.6 is 0 Å². The second-order valence-corrected chi connectivity index (χ2v) is 7.05. The molecule has 8 nitrogen and oxygen atoms in total. The molecule has 0 radical (unpaired) electrons. The van der Waals surface area contributed by atoms with E-state index in [2.05, 4.69) is 27.5 Å². The van der Waals surface area contributed by atoms with Gasteiger partial charge in [-0.15, -0.1) is 0 Å². The first-order chi connectivity index (χ1) is 13.5. The molecule has 8 heteroatoms. The number of aliphatic hydroxyl groups excluding tert-OH is 1. The van der Waals surface area contributed by atoms with Crippen LogP contribution in [-0.4, -0.2) is 42.1 Å². The summed E-state index contributed by atoms with van der Waals surface area (Å²) < 4.78 is 3.60. The lowest BCUT2D eigenvalue weighted by Crippen LogP contribution is -2.31. The maximum Gasteiger partial charge on any atom is 0.323 e. The number of hydrogen-bond donors (Lipinski definition) is 3. The standard InChI is InChI=1S/C20H23N5O3/c1-13-16(19-17(6-7-22-20(19)28)25(13)10-18(26)27)8-14-4-2-3-5-15(14)9-24-12-21-11-23-24/h2-5,11-12,20,22,28H,6-10H2,1H3,(H,26,27). The van der Waals surface area contributed by atoms with Crippen LogP contribution in [-0.2, 0) is 30.7 Å². The summed E-state index contributed by atoms with van der Waals surface area (Å²) in [5.74, 6) is -0.882. The smallest absolute Gasteiger partial charge is 0.323 e. The normalized spacial score (nSPS) is 16.1. The molecule has 1 unspecified atom stereocenters. The summed E-state index contributed by atoms with van der Waals surface area (Å²) in [6.45, 7) is 3.07. The molecule has 0 saturated carbocycles. The summed E-state index contributed by atoms with van der Waals surface area (Å²) in [5, 5.41) is 27.2. The third-order valence-corrected chi connectivity index (χ3v) is 5.35. The van der Waals surface area contributed by atoms with E-state index in [0.29, 0.717) is 25.9 Å². The minimum atomic E-state index is -0.882. The van der Waals surface area contributed by atoms with Crippen molar-refractivity contribution in [2.45, 2.75) is 39.1 Å². The summed E-state index contributed by atoms with van der Waals surface area (Å²) in [6, 6.07) is 8.10. The fraction of sp³-hybridized carbons (Fsp3) is 0.350. The van der Waals surface area contributed by atoms with E-state index < -0.39 is 12.2 Å². The molecule has 0 aliphatic carbocycles. The van der Waals surface area contributed by atoms with E-state index in [9.17, 15) is 15.0 Å². The summed E-state index contributed by atoms with van der Waals surface area (Å²) >= 11 is 0. The molecule has 3 heterocycles. The predicted octanol–water partition coefficient (Wildman–Crippen LogP) is 1.25. The second-order valence-electron chi connectivity index (χ2n) is 7.05. The highest BCUT2D eigenvalue weighted by atomic mass is 16.4. The zero-order chi connectivity index (χ0) is 19.7. The molecule has 2 aromatic heterocycles. The van der Waals surface area contributed by atoms with Crippen LogP contribution in [0.4, 0.5) is 0 Å². The number of aliphatic carboxylic acids is 1. The van der Waals surface area contributed by atoms with Gasteiger partial charge in [-0.05, 0) is 30.0 Å². The van der Waals surface area contributed by atoms with E-state index in [4.69, 9.17) is 0 Å². The molecule has 0 amide bonds. The lowest BCUT2D eigenvalue weighted by molar-refractivity contribution is -0.137. The van der Waals surface area contributed by atoms with Crippen molar-refractivity contribution in [2.24, 2.45) is 0 Å². The lowest BCUT2D eigenvalue weighted by atomic mass is 9.94. The molecule has 1 aliphatic rings. The lowest BCUT2D eigenvalue weighted by Gasteiger charge is -2.22. The van der Waals surface area contributed by atoms with Gasteiger partial charge < -0.3 is 14.8 Å². The van der Waals surface area contributed by atoms with Gasteiger partial charge in [-0.2, -0.15) is 5.10 Å². The minimum Gasteiger partial charge on any atom is -0.480 e. The van der Waals surface area contributed by atoms with Crippen molar-refractivity contribution in [3.63, 3.8) is 0 Å². The zero-order valence-electron chi connectivity index (χ0n) is 15.7. The summed E-state index contributed by atoms with van der Waals surface area (Å²) in [4.78, 5) is 15.4. The molecular formula is C20H23N5O3. The van der Waals surface area contributed by atoms with Gasteiger partial charge in [-0.1, -0.05) is 24.3 Å². The molecule has 146 valence electrons. The average Bonchev–Trinajstić information content (AvgIpc) is 3.26. The molecule has 0 fully saturated rings. The Morgan fingerprint density at radius 1 is 1.32 bits per heavy atom. The molecule has 0 saturated heterocycles. The van der Waals surface area contributed by atoms with E-state index in [0.717, 1.165) is 33.6 Å². The monoisotopic (exact) mass is 381 g/mol. The number of hydrogen-bond acceptors (Lipinski definition) is 5. The van der Waals surface area contributed by atoms with E-state index in [-0.39, 0.29) is 6.54 Å². The van der Waals surface area contributed by atoms with Gasteiger partial charge in [0.05, 0.1) is 6.54 Å². The first-order valence-electron chi connectivity index (χ1n) is 9.27. The number of carboxylic acid groups (broad SMARTS) is 1. The van der Waals surface area contributed by atoms with Crippen molar-refractivity contribution in [2.75, 3.05) is 6.54 Å². The quantitative estimate of drug-likeness (QED) is 0.594. The summed E-state index contributed by atoms with van der Waals surface area (Å²) in [7, 11) is 0. The van der Waals surface area contributed by atoms with E-state index in [1.54, 1.807) is 11.0 Å². The van der Waals surface area contributed by atoms with Crippen LogP contribution in [0.2, 0.25) is 0 Å². The fourth-order valence-electron chi connectivity index (χ4n) is 4.04. The van der Waals surface area contributed by atoms with Crippen LogP contribution in [0.1, 0.15) is 39.9 Å². The first-order valence-corrected chi connectivity index (χ1v) is 9.27. The molecule has 1 aromatic carbocycles. The Morgan fingerprint density at radius 3 is 2.82 bits per heavy atom. The Balaban J connectivity index is 1.75. The van der Waals surface area contributed by atoms with Crippen LogP contribution in [0.5, 0.6) is 0 Å². The van der Waals surface area contributed by atoms with Crippen LogP contribution < -0.4 is 5.32 Å². The zero-order valence-corrected chi connectivity index (χ0v) is 15.7. The average molecular weight is 381 g/mol. The Hall–Kier alpha value is -2.97. The van der Waals surface area contributed by atoms with Crippen LogP contribution in [0.15, 0.2) is 36.9 Å². The maximum atomic E-state index is 11.4. The number of aliphatic hydroxyl groups is 1. The highest BCUT2D eigenvalue weighted by Crippen LogP contribution is 2.33. The van der Waals surface area contributed by atoms with Crippen molar-refractivity contribution in [1.82, 2.24) is 24.6 Å². The van der Waals surface area contributed by atoms with Gasteiger partial charge in [0.25, 0.3) is 0 Å². The summed E-state index contributed by atoms with van der Waals surface area (Å²) in [6.07, 6.45) is 3.72. The highest BCUT2D eigenvalue weighted by molar-refractivity contribution is 5.67. The molecule has 28 heavy (non-hydrogen) atoms. The van der Waals surface area contributed by atoms with E-state index in [1.165, 1.54) is 6.33 Å². The molecule has 4 rings (SSSR count). The maximum absolute atomic E-state index is 11.4. The van der Waals surface area contributed by atoms with Gasteiger partial charge in [0.2, 0.25) is 0 Å². The molecule has 3 aromatic rings. The molecule has 0 spiro atoms. The Morgan fingerprint density at radius 2 is 2.11 bits per heavy atom. The highest BCUT2D eigenvalue weighted by Gasteiger charge is 2.29. The van der Waals surface area contributed by atoms with Gasteiger partial charge in [0, 0.05) is 29.9 Å². The largest absolute Gasteiger partial charge is 0.480 e. The van der Waals surface area contributed by atoms with Crippen LogP contribution in [0, 0.1) is 6.92 Å². The third kappa shape index (κ3) is 3.44. The van der Waals surface area contributed by atoms with E-state index >= 15 is 0 Å². The molecule has 3 N–H and O–H groups in total. The molecule has 1 atom stereocenters. The number of nitrogens with one attached hydrogen (secondary N) is 1. The predicted molar refractivity (Wildman–Crippen MR) is 102 cm³/mol.